The standard InChI is InChI=1S/C19H18ClN3O5/c20-14-2-3-15(16(10-14)23(25)26)19(24)22-7-5-21(6-8-22)11-13-1-4-17-18(9-13)28-12-27-17/h1-4,9-10H,5-8,11-12H2/p+1. The molecule has 8 nitrogen and oxygen atoms in total. The zero-order valence-corrected chi connectivity index (χ0v) is 15.8. The lowest BCUT2D eigenvalue weighted by atomic mass is 10.1. The summed E-state index contributed by atoms with van der Waals surface area (Å²) < 4.78 is 10.7. The molecule has 1 N–H and O–H groups in total. The Balaban J connectivity index is 1.39. The SMILES string of the molecule is O=C(c1ccc(Cl)cc1[N+](=O)[O-])N1CC[NH+](Cc2ccc3c(c2)OCO3)CC1. The van der Waals surface area contributed by atoms with E-state index in [1.54, 1.807) is 4.90 Å². The molecule has 9 heteroatoms. The quantitative estimate of drug-likeness (QED) is 0.616. The zero-order chi connectivity index (χ0) is 19.7. The van der Waals surface area contributed by atoms with E-state index >= 15 is 0 Å². The van der Waals surface area contributed by atoms with Crippen LogP contribution in [0.4, 0.5) is 5.69 Å². The Hall–Kier alpha value is -2.84. The van der Waals surface area contributed by atoms with Crippen LogP contribution < -0.4 is 14.4 Å². The number of nitrogens with zero attached hydrogens (tertiary/aromatic N) is 2. The monoisotopic (exact) mass is 404 g/mol. The molecule has 0 spiro atoms. The van der Waals surface area contributed by atoms with E-state index in [-0.39, 0.29) is 29.0 Å². The van der Waals surface area contributed by atoms with Crippen molar-refractivity contribution in [1.82, 2.24) is 4.90 Å². The molecule has 1 amide bonds. The molecular formula is C19H19ClN3O5+. The second kappa shape index (κ2) is 7.65. The van der Waals surface area contributed by atoms with Crippen LogP contribution in [0.15, 0.2) is 36.4 Å². The van der Waals surface area contributed by atoms with Crippen LogP contribution in [0, 0.1) is 10.1 Å². The maximum Gasteiger partial charge on any atom is 0.283 e. The minimum atomic E-state index is -0.569. The fourth-order valence-electron chi connectivity index (χ4n) is 3.55. The molecule has 0 aliphatic carbocycles. The third-order valence-corrected chi connectivity index (χ3v) is 5.27. The van der Waals surface area contributed by atoms with Crippen LogP contribution >= 0.6 is 11.6 Å². The van der Waals surface area contributed by atoms with Crippen LogP contribution in [0.1, 0.15) is 15.9 Å². The van der Waals surface area contributed by atoms with Gasteiger partial charge in [0.05, 0.1) is 31.1 Å². The summed E-state index contributed by atoms with van der Waals surface area (Å²) in [4.78, 5) is 26.5. The van der Waals surface area contributed by atoms with E-state index in [9.17, 15) is 14.9 Å². The summed E-state index contributed by atoms with van der Waals surface area (Å²) >= 11 is 5.83. The summed E-state index contributed by atoms with van der Waals surface area (Å²) in [5.74, 6) is 1.20. The van der Waals surface area contributed by atoms with E-state index in [0.29, 0.717) is 13.1 Å². The Kier molecular flexibility index (Phi) is 5.06. The first-order chi connectivity index (χ1) is 13.5. The highest BCUT2D eigenvalue weighted by Crippen LogP contribution is 2.32. The topological polar surface area (TPSA) is 86.4 Å². The maximum absolute atomic E-state index is 12.8. The molecule has 2 aromatic carbocycles. The van der Waals surface area contributed by atoms with Gasteiger partial charge in [0.1, 0.15) is 12.1 Å². The molecular weight excluding hydrogens is 386 g/mol. The number of nitro benzene ring substituents is 1. The van der Waals surface area contributed by atoms with Gasteiger partial charge < -0.3 is 19.3 Å². The van der Waals surface area contributed by atoms with Gasteiger partial charge in [-0.05, 0) is 30.3 Å². The van der Waals surface area contributed by atoms with E-state index in [0.717, 1.165) is 36.7 Å². The summed E-state index contributed by atoms with van der Waals surface area (Å²) in [7, 11) is 0. The Morgan fingerprint density at radius 2 is 1.89 bits per heavy atom. The van der Waals surface area contributed by atoms with Gasteiger partial charge in [-0.1, -0.05) is 11.6 Å². The van der Waals surface area contributed by atoms with Gasteiger partial charge in [-0.25, -0.2) is 0 Å². The molecule has 2 aliphatic heterocycles. The fraction of sp³-hybridized carbons (Fsp3) is 0.316. The fourth-order valence-corrected chi connectivity index (χ4v) is 3.72. The van der Waals surface area contributed by atoms with Crippen LogP contribution in [0.2, 0.25) is 5.02 Å². The van der Waals surface area contributed by atoms with Gasteiger partial charge in [0, 0.05) is 16.7 Å². The van der Waals surface area contributed by atoms with Gasteiger partial charge in [0.2, 0.25) is 6.79 Å². The molecule has 0 saturated carbocycles. The predicted molar refractivity (Wildman–Crippen MR) is 101 cm³/mol. The number of amides is 1. The maximum atomic E-state index is 12.8. The highest BCUT2D eigenvalue weighted by Gasteiger charge is 2.29. The first-order valence-corrected chi connectivity index (χ1v) is 9.34. The molecule has 2 heterocycles. The predicted octanol–water partition coefficient (Wildman–Crippen LogP) is 1.52. The number of benzene rings is 2. The number of carbonyl (C=O) groups excluding carboxylic acids is 1. The Morgan fingerprint density at radius 1 is 1.14 bits per heavy atom. The van der Waals surface area contributed by atoms with E-state index in [4.69, 9.17) is 21.1 Å². The highest BCUT2D eigenvalue weighted by molar-refractivity contribution is 6.31. The van der Waals surface area contributed by atoms with Gasteiger partial charge in [0.15, 0.2) is 11.5 Å². The number of nitro groups is 1. The third-order valence-electron chi connectivity index (χ3n) is 5.04. The lowest BCUT2D eigenvalue weighted by molar-refractivity contribution is -0.917. The lowest BCUT2D eigenvalue weighted by Crippen LogP contribution is -3.13. The second-order valence-corrected chi connectivity index (χ2v) is 7.26. The largest absolute Gasteiger partial charge is 0.454 e. The second-order valence-electron chi connectivity index (χ2n) is 6.83. The molecule has 0 bridgehead atoms. The van der Waals surface area contributed by atoms with Crippen LogP contribution in [-0.4, -0.2) is 48.7 Å². The third kappa shape index (κ3) is 3.74. The lowest BCUT2D eigenvalue weighted by Gasteiger charge is -2.32. The van der Waals surface area contributed by atoms with Crippen molar-refractivity contribution >= 4 is 23.2 Å². The molecule has 0 radical (unpaired) electrons. The molecule has 2 aromatic rings. The van der Waals surface area contributed by atoms with E-state index in [1.165, 1.54) is 23.1 Å². The van der Waals surface area contributed by atoms with E-state index in [2.05, 4.69) is 0 Å². The van der Waals surface area contributed by atoms with Crippen molar-refractivity contribution < 1.29 is 24.1 Å². The summed E-state index contributed by atoms with van der Waals surface area (Å²) in [5.41, 5.74) is 0.966. The first-order valence-electron chi connectivity index (χ1n) is 8.96. The van der Waals surface area contributed by atoms with E-state index in [1.807, 2.05) is 18.2 Å². The molecule has 0 unspecified atom stereocenters. The molecule has 0 atom stereocenters. The minimum Gasteiger partial charge on any atom is -0.454 e. The number of piperazine rings is 1. The summed E-state index contributed by atoms with van der Waals surface area (Å²) in [6, 6.07) is 10.1. The van der Waals surface area contributed by atoms with Crippen LogP contribution in [0.5, 0.6) is 11.5 Å². The number of halogens is 1. The van der Waals surface area contributed by atoms with Crippen molar-refractivity contribution in [1.29, 1.82) is 0 Å². The van der Waals surface area contributed by atoms with Crippen LogP contribution in [0.3, 0.4) is 0 Å². The van der Waals surface area contributed by atoms with Gasteiger partial charge in [0.25, 0.3) is 11.6 Å². The number of carbonyl (C=O) groups is 1. The zero-order valence-electron chi connectivity index (χ0n) is 15.0. The van der Waals surface area contributed by atoms with Gasteiger partial charge in [-0.2, -0.15) is 0 Å². The Bertz CT molecular complexity index is 928. The van der Waals surface area contributed by atoms with Gasteiger partial charge >= 0.3 is 0 Å². The number of fused-ring (bicyclic) bond motifs is 1. The molecule has 146 valence electrons. The van der Waals surface area contributed by atoms with Crippen molar-refractivity contribution in [3.8, 4) is 11.5 Å². The van der Waals surface area contributed by atoms with Crippen LogP contribution in [-0.2, 0) is 6.54 Å². The van der Waals surface area contributed by atoms with Crippen molar-refractivity contribution in [2.75, 3.05) is 33.0 Å². The summed E-state index contributed by atoms with van der Waals surface area (Å²) in [5, 5.41) is 11.5. The van der Waals surface area contributed by atoms with Crippen molar-refractivity contribution in [2.24, 2.45) is 0 Å². The van der Waals surface area contributed by atoms with Crippen molar-refractivity contribution in [3.63, 3.8) is 0 Å². The normalized spacial score (nSPS) is 16.2. The molecule has 1 saturated heterocycles. The number of quaternary nitrogens is 1. The molecule has 1 fully saturated rings. The number of hydrogen-bond donors (Lipinski definition) is 1. The number of ether oxygens (including phenoxy) is 2. The Morgan fingerprint density at radius 3 is 2.64 bits per heavy atom. The number of hydrogen-bond acceptors (Lipinski definition) is 5. The van der Waals surface area contributed by atoms with E-state index < -0.39 is 4.92 Å². The molecule has 0 aromatic heterocycles. The minimum absolute atomic E-state index is 0.0774. The number of rotatable bonds is 4. The summed E-state index contributed by atoms with van der Waals surface area (Å²) in [6.45, 7) is 3.68. The van der Waals surface area contributed by atoms with Gasteiger partial charge in [-0.15, -0.1) is 0 Å². The van der Waals surface area contributed by atoms with Gasteiger partial charge in [-0.3, -0.25) is 14.9 Å². The summed E-state index contributed by atoms with van der Waals surface area (Å²) in [6.07, 6.45) is 0. The van der Waals surface area contributed by atoms with Crippen molar-refractivity contribution in [3.05, 3.63) is 62.7 Å². The highest BCUT2D eigenvalue weighted by atomic mass is 35.5. The van der Waals surface area contributed by atoms with Crippen molar-refractivity contribution in [2.45, 2.75) is 6.54 Å². The molecule has 28 heavy (non-hydrogen) atoms. The molecule has 2 aliphatic rings. The van der Waals surface area contributed by atoms with Crippen LogP contribution in [0.25, 0.3) is 0 Å². The number of nitrogens with one attached hydrogen (secondary N) is 1. The molecule has 4 rings (SSSR count). The first kappa shape index (κ1) is 18.5. The Labute approximate surface area is 166 Å². The average molecular weight is 405 g/mol. The average Bonchev–Trinajstić information content (AvgIpc) is 3.16. The smallest absolute Gasteiger partial charge is 0.283 e.